The normalized spacial score (nSPS) is 18.8. The van der Waals surface area contributed by atoms with Crippen molar-refractivity contribution in [3.63, 3.8) is 0 Å². The monoisotopic (exact) mass is 206 g/mol. The van der Waals surface area contributed by atoms with Crippen LogP contribution in [-0.4, -0.2) is 29.0 Å². The summed E-state index contributed by atoms with van der Waals surface area (Å²) in [5.41, 5.74) is 0. The van der Waals surface area contributed by atoms with Crippen LogP contribution in [0.1, 0.15) is 6.42 Å². The lowest BCUT2D eigenvalue weighted by molar-refractivity contribution is -0.114. The Morgan fingerprint density at radius 2 is 1.85 bits per heavy atom. The Kier molecular flexibility index (Phi) is 2.14. The first-order valence-electron chi connectivity index (χ1n) is 3.17. The first kappa shape index (κ1) is 9.75. The molecule has 0 heterocycles. The van der Waals surface area contributed by atoms with E-state index < -0.39 is 32.3 Å². The molecule has 0 bridgehead atoms. The van der Waals surface area contributed by atoms with E-state index in [0.29, 0.717) is 0 Å². The molecule has 1 rings (SSSR count). The third-order valence-electron chi connectivity index (χ3n) is 1.45. The second kappa shape index (κ2) is 2.86. The number of rotatable bonds is 1. The van der Waals surface area contributed by atoms with E-state index in [1.807, 2.05) is 0 Å². The molecule has 0 amide bonds. The molecule has 0 unspecified atom stereocenters. The Morgan fingerprint density at radius 1 is 1.31 bits per heavy atom. The summed E-state index contributed by atoms with van der Waals surface area (Å²) >= 11 is 0. The Bertz CT molecular complexity index is 412. The van der Waals surface area contributed by atoms with Gasteiger partial charge in [0, 0.05) is 6.42 Å². The minimum Gasteiger partial charge on any atom is -0.504 e. The highest BCUT2D eigenvalue weighted by Gasteiger charge is 2.31. The van der Waals surface area contributed by atoms with E-state index in [9.17, 15) is 13.2 Å². The predicted octanol–water partition coefficient (Wildman–Crippen LogP) is 0.0585. The summed E-state index contributed by atoms with van der Waals surface area (Å²) in [6.45, 7) is 0. The van der Waals surface area contributed by atoms with Gasteiger partial charge in [-0.05, 0) is 6.08 Å². The van der Waals surface area contributed by atoms with Crippen LogP contribution in [0.25, 0.3) is 0 Å². The average molecular weight is 206 g/mol. The SMILES string of the molecule is O=C1CC=C(O)C(O)=C1S(=O)(=O)O. The lowest BCUT2D eigenvalue weighted by atomic mass is 10.1. The van der Waals surface area contributed by atoms with Gasteiger partial charge in [-0.3, -0.25) is 9.35 Å². The molecular formula is C6H6O6S. The van der Waals surface area contributed by atoms with Gasteiger partial charge in [-0.1, -0.05) is 0 Å². The number of aliphatic hydroxyl groups is 2. The molecule has 0 aliphatic heterocycles. The molecule has 72 valence electrons. The summed E-state index contributed by atoms with van der Waals surface area (Å²) in [5, 5.41) is 17.8. The van der Waals surface area contributed by atoms with Crippen LogP contribution in [0, 0.1) is 0 Å². The number of carbonyl (C=O) groups is 1. The van der Waals surface area contributed by atoms with Crippen LogP contribution in [0.4, 0.5) is 0 Å². The Hall–Kier alpha value is -1.34. The van der Waals surface area contributed by atoms with Crippen LogP contribution in [0.3, 0.4) is 0 Å². The molecule has 0 saturated carbocycles. The molecule has 0 radical (unpaired) electrons. The van der Waals surface area contributed by atoms with Crippen LogP contribution in [0.5, 0.6) is 0 Å². The first-order chi connectivity index (χ1) is 5.84. The Labute approximate surface area is 73.6 Å². The number of carbonyl (C=O) groups excluding carboxylic acids is 1. The highest BCUT2D eigenvalue weighted by atomic mass is 32.2. The number of aliphatic hydroxyl groups excluding tert-OH is 2. The second-order valence-corrected chi connectivity index (χ2v) is 3.73. The van der Waals surface area contributed by atoms with Crippen molar-refractivity contribution < 1.29 is 28.0 Å². The van der Waals surface area contributed by atoms with Crippen molar-refractivity contribution in [2.45, 2.75) is 6.42 Å². The molecule has 0 fully saturated rings. The van der Waals surface area contributed by atoms with E-state index >= 15 is 0 Å². The van der Waals surface area contributed by atoms with Gasteiger partial charge in [0.05, 0.1) is 0 Å². The zero-order valence-corrected chi connectivity index (χ0v) is 7.08. The van der Waals surface area contributed by atoms with Crippen molar-refractivity contribution in [2.24, 2.45) is 0 Å². The predicted molar refractivity (Wildman–Crippen MR) is 41.5 cm³/mol. The zero-order chi connectivity index (χ0) is 10.2. The second-order valence-electron chi connectivity index (χ2n) is 2.37. The highest BCUT2D eigenvalue weighted by molar-refractivity contribution is 7.90. The van der Waals surface area contributed by atoms with Gasteiger partial charge in [-0.2, -0.15) is 8.42 Å². The largest absolute Gasteiger partial charge is 0.504 e. The Balaban J connectivity index is 3.41. The third-order valence-corrected chi connectivity index (χ3v) is 2.39. The molecule has 13 heavy (non-hydrogen) atoms. The lowest BCUT2D eigenvalue weighted by Crippen LogP contribution is -2.18. The maximum atomic E-state index is 10.9. The molecular weight excluding hydrogens is 200 g/mol. The summed E-state index contributed by atoms with van der Waals surface area (Å²) in [6.07, 6.45) is 0.581. The molecule has 1 aliphatic rings. The minimum atomic E-state index is -4.78. The van der Waals surface area contributed by atoms with Gasteiger partial charge in [-0.15, -0.1) is 0 Å². The van der Waals surface area contributed by atoms with Gasteiger partial charge < -0.3 is 10.2 Å². The summed E-state index contributed by atoms with van der Waals surface area (Å²) in [6, 6.07) is 0. The quantitative estimate of drug-likeness (QED) is 0.523. The fraction of sp³-hybridized carbons (Fsp3) is 0.167. The average Bonchev–Trinajstić information content (AvgIpc) is 1.95. The van der Waals surface area contributed by atoms with E-state index in [1.54, 1.807) is 0 Å². The molecule has 0 aromatic carbocycles. The van der Waals surface area contributed by atoms with Crippen LogP contribution >= 0.6 is 0 Å². The van der Waals surface area contributed by atoms with Gasteiger partial charge in [0.15, 0.2) is 22.2 Å². The smallest absolute Gasteiger partial charge is 0.301 e. The molecule has 0 aromatic rings. The third kappa shape index (κ3) is 1.70. The van der Waals surface area contributed by atoms with Crippen molar-refractivity contribution >= 4 is 15.9 Å². The molecule has 7 heteroatoms. The number of hydrogen-bond acceptors (Lipinski definition) is 5. The van der Waals surface area contributed by atoms with E-state index in [4.69, 9.17) is 14.8 Å². The fourth-order valence-corrected chi connectivity index (χ4v) is 1.61. The van der Waals surface area contributed by atoms with Crippen molar-refractivity contribution in [1.29, 1.82) is 0 Å². The van der Waals surface area contributed by atoms with E-state index in [2.05, 4.69) is 0 Å². The number of Topliss-reactive ketones (excluding diaryl/α,β-unsaturated/α-hetero) is 1. The standard InChI is InChI=1S/C6H6O6S/c7-3-1-2-4(8)6(5(3)9)13(10,11)12/h1,7,9H,2H2,(H,10,11,12). The van der Waals surface area contributed by atoms with Crippen molar-refractivity contribution in [1.82, 2.24) is 0 Å². The van der Waals surface area contributed by atoms with E-state index in [1.165, 1.54) is 0 Å². The van der Waals surface area contributed by atoms with E-state index in [0.717, 1.165) is 6.08 Å². The van der Waals surface area contributed by atoms with Gasteiger partial charge >= 0.3 is 10.1 Å². The summed E-state index contributed by atoms with van der Waals surface area (Å²) in [5.74, 6) is -2.80. The number of ketones is 1. The van der Waals surface area contributed by atoms with Crippen molar-refractivity contribution in [2.75, 3.05) is 0 Å². The Morgan fingerprint density at radius 3 is 2.23 bits per heavy atom. The molecule has 6 nitrogen and oxygen atoms in total. The molecule has 0 saturated heterocycles. The number of allylic oxidation sites excluding steroid dienone is 2. The molecule has 3 N–H and O–H groups in total. The van der Waals surface area contributed by atoms with E-state index in [-0.39, 0.29) is 6.42 Å². The van der Waals surface area contributed by atoms with Crippen LogP contribution in [0.15, 0.2) is 22.5 Å². The van der Waals surface area contributed by atoms with Gasteiger partial charge in [-0.25, -0.2) is 0 Å². The van der Waals surface area contributed by atoms with Crippen LogP contribution < -0.4 is 0 Å². The topological polar surface area (TPSA) is 112 Å². The maximum Gasteiger partial charge on any atom is 0.301 e. The van der Waals surface area contributed by atoms with Crippen LogP contribution in [-0.2, 0) is 14.9 Å². The van der Waals surface area contributed by atoms with Crippen LogP contribution in [0.2, 0.25) is 0 Å². The summed E-state index contributed by atoms with van der Waals surface area (Å²) in [4.78, 5) is 9.72. The maximum absolute atomic E-state index is 10.9. The van der Waals surface area contributed by atoms with Crippen molar-refractivity contribution in [3.8, 4) is 0 Å². The van der Waals surface area contributed by atoms with Gasteiger partial charge in [0.25, 0.3) is 0 Å². The fourth-order valence-electron chi connectivity index (χ4n) is 0.893. The summed E-state index contributed by atoms with van der Waals surface area (Å²) in [7, 11) is -4.78. The first-order valence-corrected chi connectivity index (χ1v) is 4.61. The lowest BCUT2D eigenvalue weighted by Gasteiger charge is -2.09. The molecule has 0 spiro atoms. The summed E-state index contributed by atoms with van der Waals surface area (Å²) < 4.78 is 29.6. The minimum absolute atomic E-state index is 0.370. The van der Waals surface area contributed by atoms with Gasteiger partial charge in [0.2, 0.25) is 0 Å². The van der Waals surface area contributed by atoms with Gasteiger partial charge in [0.1, 0.15) is 0 Å². The zero-order valence-electron chi connectivity index (χ0n) is 6.26. The number of hydrogen-bond donors (Lipinski definition) is 3. The van der Waals surface area contributed by atoms with Crippen molar-refractivity contribution in [3.05, 3.63) is 22.5 Å². The molecule has 0 aromatic heterocycles. The molecule has 1 aliphatic carbocycles. The molecule has 0 atom stereocenters. The highest BCUT2D eigenvalue weighted by Crippen LogP contribution is 2.22.